The highest BCUT2D eigenvalue weighted by Gasteiger charge is 2.12. The summed E-state index contributed by atoms with van der Waals surface area (Å²) in [6.07, 6.45) is 5.30. The van der Waals surface area contributed by atoms with E-state index in [1.807, 2.05) is 19.1 Å². The van der Waals surface area contributed by atoms with E-state index in [0.717, 1.165) is 36.2 Å². The van der Waals surface area contributed by atoms with Gasteiger partial charge in [-0.3, -0.25) is 9.48 Å². The molecule has 2 aromatic rings. The lowest BCUT2D eigenvalue weighted by molar-refractivity contribution is -0.125. The first-order valence-corrected chi connectivity index (χ1v) is 8.99. The number of carbonyl (C=O) groups is 1. The van der Waals surface area contributed by atoms with Gasteiger partial charge < -0.3 is 4.90 Å². The number of nitriles is 1. The fraction of sp³-hybridized carbons (Fsp3) is 0.350. The molecule has 136 valence electrons. The number of likely N-dealkylation sites (N-methyl/N-ethyl adjacent to an activating group) is 1. The van der Waals surface area contributed by atoms with E-state index in [2.05, 4.69) is 18.1 Å². The van der Waals surface area contributed by atoms with Crippen LogP contribution in [0.5, 0.6) is 0 Å². The van der Waals surface area contributed by atoms with Gasteiger partial charge in [0.25, 0.3) is 0 Å². The normalized spacial score (nSPS) is 10.9. The van der Waals surface area contributed by atoms with Crippen LogP contribution >= 0.6 is 11.6 Å². The summed E-state index contributed by atoms with van der Waals surface area (Å²) in [5.74, 6) is -0.135. The zero-order valence-electron chi connectivity index (χ0n) is 15.4. The largest absolute Gasteiger partial charge is 0.338 e. The van der Waals surface area contributed by atoms with Crippen LogP contribution in [0.4, 0.5) is 0 Å². The molecule has 0 fully saturated rings. The second-order valence-electron chi connectivity index (χ2n) is 6.21. The van der Waals surface area contributed by atoms with E-state index in [9.17, 15) is 4.79 Å². The number of nitrogens with zero attached hydrogens (tertiary/aromatic N) is 4. The SMILES string of the molecule is CCCCn1nc(C)c(/C=C/C(=O)N(C)Cc2cccc(C#N)c2)c1Cl. The van der Waals surface area contributed by atoms with Crippen LogP contribution in [0.1, 0.15) is 42.1 Å². The van der Waals surface area contributed by atoms with Gasteiger partial charge >= 0.3 is 0 Å². The van der Waals surface area contributed by atoms with Gasteiger partial charge in [-0.15, -0.1) is 0 Å². The highest BCUT2D eigenvalue weighted by Crippen LogP contribution is 2.22. The smallest absolute Gasteiger partial charge is 0.246 e. The van der Waals surface area contributed by atoms with Crippen LogP contribution in [0.25, 0.3) is 6.08 Å². The van der Waals surface area contributed by atoms with Gasteiger partial charge in [-0.05, 0) is 37.1 Å². The fourth-order valence-electron chi connectivity index (χ4n) is 2.59. The first-order chi connectivity index (χ1) is 12.5. The maximum Gasteiger partial charge on any atom is 0.246 e. The standard InChI is InChI=1S/C20H23ClN4O/c1-4-5-11-25-20(21)18(15(2)23-25)9-10-19(26)24(3)14-17-8-6-7-16(12-17)13-22/h6-10,12H,4-5,11,14H2,1-3H3/b10-9+. The van der Waals surface area contributed by atoms with E-state index in [-0.39, 0.29) is 5.91 Å². The van der Waals surface area contributed by atoms with E-state index in [0.29, 0.717) is 17.3 Å². The molecular formula is C20H23ClN4O. The van der Waals surface area contributed by atoms with Crippen molar-refractivity contribution in [1.82, 2.24) is 14.7 Å². The maximum absolute atomic E-state index is 12.4. The zero-order valence-corrected chi connectivity index (χ0v) is 16.1. The Morgan fingerprint density at radius 1 is 1.46 bits per heavy atom. The number of halogens is 1. The van der Waals surface area contributed by atoms with Crippen molar-refractivity contribution in [3.05, 3.63) is 57.9 Å². The lowest BCUT2D eigenvalue weighted by Gasteiger charge is -2.15. The van der Waals surface area contributed by atoms with Crippen molar-refractivity contribution in [2.24, 2.45) is 0 Å². The molecule has 0 saturated carbocycles. The molecule has 1 heterocycles. The van der Waals surface area contributed by atoms with Gasteiger partial charge in [0.05, 0.1) is 17.3 Å². The summed E-state index contributed by atoms with van der Waals surface area (Å²) < 4.78 is 1.78. The molecule has 26 heavy (non-hydrogen) atoms. The van der Waals surface area contributed by atoms with Gasteiger partial charge in [0.1, 0.15) is 5.15 Å². The summed E-state index contributed by atoms with van der Waals surface area (Å²) in [4.78, 5) is 14.0. The van der Waals surface area contributed by atoms with Gasteiger partial charge in [-0.25, -0.2) is 0 Å². The van der Waals surface area contributed by atoms with Crippen LogP contribution < -0.4 is 0 Å². The van der Waals surface area contributed by atoms with Crippen LogP contribution in [0.2, 0.25) is 5.15 Å². The third-order valence-corrected chi connectivity index (χ3v) is 4.48. The minimum Gasteiger partial charge on any atom is -0.338 e. The first kappa shape index (κ1) is 19.7. The van der Waals surface area contributed by atoms with Crippen molar-refractivity contribution in [2.45, 2.75) is 39.8 Å². The Hall–Kier alpha value is -2.58. The molecule has 2 rings (SSSR count). The highest BCUT2D eigenvalue weighted by atomic mass is 35.5. The Balaban J connectivity index is 2.06. The van der Waals surface area contributed by atoms with Crippen molar-refractivity contribution in [2.75, 3.05) is 7.05 Å². The fourth-order valence-corrected chi connectivity index (χ4v) is 2.91. The molecule has 0 aliphatic carbocycles. The van der Waals surface area contributed by atoms with Crippen LogP contribution in [0.3, 0.4) is 0 Å². The number of carbonyl (C=O) groups excluding carboxylic acids is 1. The van der Waals surface area contributed by atoms with Crippen molar-refractivity contribution in [3.63, 3.8) is 0 Å². The molecule has 1 aromatic carbocycles. The van der Waals surface area contributed by atoms with Gasteiger partial charge in [0, 0.05) is 31.8 Å². The maximum atomic E-state index is 12.4. The monoisotopic (exact) mass is 370 g/mol. The summed E-state index contributed by atoms with van der Waals surface area (Å²) in [6, 6.07) is 9.34. The van der Waals surface area contributed by atoms with E-state index in [4.69, 9.17) is 16.9 Å². The van der Waals surface area contributed by atoms with Gasteiger partial charge in [0.15, 0.2) is 0 Å². The molecule has 0 spiro atoms. The summed E-state index contributed by atoms with van der Waals surface area (Å²) in [6.45, 7) is 5.20. The summed E-state index contributed by atoms with van der Waals surface area (Å²) >= 11 is 6.39. The summed E-state index contributed by atoms with van der Waals surface area (Å²) in [5, 5.41) is 14.0. The van der Waals surface area contributed by atoms with Crippen molar-refractivity contribution in [1.29, 1.82) is 5.26 Å². The predicted octanol–water partition coefficient (Wildman–Crippen LogP) is 4.19. The zero-order chi connectivity index (χ0) is 19.1. The summed E-state index contributed by atoms with van der Waals surface area (Å²) in [7, 11) is 1.73. The van der Waals surface area contributed by atoms with E-state index in [1.165, 1.54) is 6.08 Å². The lowest BCUT2D eigenvalue weighted by atomic mass is 10.1. The molecule has 1 aromatic heterocycles. The molecule has 0 radical (unpaired) electrons. The van der Waals surface area contributed by atoms with Gasteiger partial charge in [-0.2, -0.15) is 10.4 Å². The van der Waals surface area contributed by atoms with Gasteiger partial charge in [0.2, 0.25) is 5.91 Å². The Morgan fingerprint density at radius 2 is 2.23 bits per heavy atom. The average molecular weight is 371 g/mol. The quantitative estimate of drug-likeness (QED) is 0.686. The topological polar surface area (TPSA) is 61.9 Å². The predicted molar refractivity (Wildman–Crippen MR) is 104 cm³/mol. The Bertz CT molecular complexity index is 848. The highest BCUT2D eigenvalue weighted by molar-refractivity contribution is 6.31. The average Bonchev–Trinajstić information content (AvgIpc) is 2.91. The third kappa shape index (κ3) is 4.96. The molecule has 0 aliphatic rings. The number of hydrogen-bond acceptors (Lipinski definition) is 3. The molecule has 1 amide bonds. The second kappa shape index (κ2) is 9.21. The third-order valence-electron chi connectivity index (χ3n) is 4.08. The Morgan fingerprint density at radius 3 is 2.92 bits per heavy atom. The second-order valence-corrected chi connectivity index (χ2v) is 6.56. The van der Waals surface area contributed by atoms with Crippen LogP contribution in [0, 0.1) is 18.3 Å². The van der Waals surface area contributed by atoms with Crippen molar-refractivity contribution >= 4 is 23.6 Å². The number of benzene rings is 1. The Labute approximate surface area is 159 Å². The first-order valence-electron chi connectivity index (χ1n) is 8.61. The molecule has 0 aliphatic heterocycles. The summed E-state index contributed by atoms with van der Waals surface area (Å²) in [5.41, 5.74) is 3.08. The number of aromatic nitrogens is 2. The molecule has 5 nitrogen and oxygen atoms in total. The van der Waals surface area contributed by atoms with Crippen LogP contribution in [0.15, 0.2) is 30.3 Å². The minimum absolute atomic E-state index is 0.135. The van der Waals surface area contributed by atoms with Crippen LogP contribution in [-0.4, -0.2) is 27.6 Å². The number of aryl methyl sites for hydroxylation is 2. The Kier molecular flexibility index (Phi) is 6.99. The molecule has 0 bridgehead atoms. The molecule has 0 saturated heterocycles. The number of unbranched alkanes of at least 4 members (excludes halogenated alkanes) is 1. The van der Waals surface area contributed by atoms with Crippen molar-refractivity contribution in [3.8, 4) is 6.07 Å². The molecular weight excluding hydrogens is 348 g/mol. The van der Waals surface area contributed by atoms with Crippen molar-refractivity contribution < 1.29 is 4.79 Å². The molecule has 0 atom stereocenters. The lowest BCUT2D eigenvalue weighted by Crippen LogP contribution is -2.24. The number of rotatable bonds is 7. The minimum atomic E-state index is -0.135. The molecule has 6 heteroatoms. The van der Waals surface area contributed by atoms with E-state index in [1.54, 1.807) is 34.8 Å². The molecule has 0 N–H and O–H groups in total. The van der Waals surface area contributed by atoms with Crippen LogP contribution in [-0.2, 0) is 17.9 Å². The van der Waals surface area contributed by atoms with Gasteiger partial charge in [-0.1, -0.05) is 37.1 Å². The van der Waals surface area contributed by atoms with E-state index < -0.39 is 0 Å². The van der Waals surface area contributed by atoms with E-state index >= 15 is 0 Å². The number of hydrogen-bond donors (Lipinski definition) is 0. The number of amides is 1. The molecule has 0 unspecified atom stereocenters.